The maximum Gasteiger partial charge on any atom is 0.119 e. The molecule has 94 valence electrons. The van der Waals surface area contributed by atoms with E-state index in [9.17, 15) is 0 Å². The van der Waals surface area contributed by atoms with Crippen LogP contribution in [0.4, 0.5) is 0 Å². The summed E-state index contributed by atoms with van der Waals surface area (Å²) in [4.78, 5) is 2.55. The highest BCUT2D eigenvalue weighted by molar-refractivity contribution is 9.10. The van der Waals surface area contributed by atoms with Crippen molar-refractivity contribution < 1.29 is 4.74 Å². The van der Waals surface area contributed by atoms with Gasteiger partial charge in [0.2, 0.25) is 0 Å². The molecule has 1 aromatic carbocycles. The first-order valence-electron chi connectivity index (χ1n) is 6.42. The van der Waals surface area contributed by atoms with Crippen molar-refractivity contribution >= 4 is 15.9 Å². The van der Waals surface area contributed by atoms with Crippen LogP contribution < -0.4 is 4.74 Å². The highest BCUT2D eigenvalue weighted by atomic mass is 79.9. The summed E-state index contributed by atoms with van der Waals surface area (Å²) in [6, 6.07) is 8.88. The van der Waals surface area contributed by atoms with Gasteiger partial charge in [0, 0.05) is 17.1 Å². The number of rotatable bonds is 7. The van der Waals surface area contributed by atoms with E-state index in [0.29, 0.717) is 0 Å². The molecule has 0 saturated heterocycles. The maximum atomic E-state index is 5.75. The molecule has 0 N–H and O–H groups in total. The van der Waals surface area contributed by atoms with Crippen molar-refractivity contribution in [2.75, 3.05) is 19.7 Å². The van der Waals surface area contributed by atoms with Crippen LogP contribution in [0, 0.1) is 0 Å². The van der Waals surface area contributed by atoms with Gasteiger partial charge >= 0.3 is 0 Å². The Morgan fingerprint density at radius 3 is 2.53 bits per heavy atom. The van der Waals surface area contributed by atoms with Crippen molar-refractivity contribution in [3.8, 4) is 5.75 Å². The van der Waals surface area contributed by atoms with Gasteiger partial charge in [0.1, 0.15) is 12.4 Å². The van der Waals surface area contributed by atoms with E-state index in [4.69, 9.17) is 4.74 Å². The molecule has 0 aliphatic heterocycles. The third-order valence-electron chi connectivity index (χ3n) is 3.03. The zero-order valence-corrected chi connectivity index (χ0v) is 11.9. The SMILES string of the molecule is CCCN(CCOc1ccc(Br)cc1)C1CC1. The molecule has 0 atom stereocenters. The van der Waals surface area contributed by atoms with Crippen LogP contribution >= 0.6 is 15.9 Å². The average molecular weight is 298 g/mol. The lowest BCUT2D eigenvalue weighted by atomic mass is 10.3. The predicted molar refractivity (Wildman–Crippen MR) is 74.5 cm³/mol. The Bertz CT molecular complexity index is 335. The van der Waals surface area contributed by atoms with Gasteiger partial charge in [-0.2, -0.15) is 0 Å². The summed E-state index contributed by atoms with van der Waals surface area (Å²) in [6.07, 6.45) is 3.98. The fraction of sp³-hybridized carbons (Fsp3) is 0.571. The Labute approximate surface area is 112 Å². The molecule has 0 spiro atoms. The van der Waals surface area contributed by atoms with Gasteiger partial charge in [-0.15, -0.1) is 0 Å². The van der Waals surface area contributed by atoms with Crippen LogP contribution in [0.1, 0.15) is 26.2 Å². The molecule has 17 heavy (non-hydrogen) atoms. The number of benzene rings is 1. The van der Waals surface area contributed by atoms with E-state index >= 15 is 0 Å². The molecule has 0 heterocycles. The van der Waals surface area contributed by atoms with E-state index in [1.165, 1.54) is 25.8 Å². The number of halogens is 1. The summed E-state index contributed by atoms with van der Waals surface area (Å²) in [5.41, 5.74) is 0. The van der Waals surface area contributed by atoms with E-state index < -0.39 is 0 Å². The zero-order chi connectivity index (χ0) is 12.1. The van der Waals surface area contributed by atoms with Crippen LogP contribution in [0.2, 0.25) is 0 Å². The monoisotopic (exact) mass is 297 g/mol. The maximum absolute atomic E-state index is 5.75. The molecular weight excluding hydrogens is 278 g/mol. The molecule has 3 heteroatoms. The Morgan fingerprint density at radius 1 is 1.24 bits per heavy atom. The number of nitrogens with zero attached hydrogens (tertiary/aromatic N) is 1. The van der Waals surface area contributed by atoms with Gasteiger partial charge in [0.15, 0.2) is 0 Å². The lowest BCUT2D eigenvalue weighted by Gasteiger charge is -2.21. The molecule has 0 amide bonds. The minimum Gasteiger partial charge on any atom is -0.492 e. The van der Waals surface area contributed by atoms with Crippen molar-refractivity contribution in [1.82, 2.24) is 4.90 Å². The second kappa shape index (κ2) is 6.41. The molecule has 0 unspecified atom stereocenters. The van der Waals surface area contributed by atoms with Gasteiger partial charge in [-0.05, 0) is 50.1 Å². The predicted octanol–water partition coefficient (Wildman–Crippen LogP) is 3.70. The fourth-order valence-corrected chi connectivity index (χ4v) is 2.28. The minimum absolute atomic E-state index is 0.790. The van der Waals surface area contributed by atoms with E-state index in [0.717, 1.165) is 29.4 Å². The molecule has 2 rings (SSSR count). The van der Waals surface area contributed by atoms with Crippen LogP contribution in [-0.2, 0) is 0 Å². The first-order chi connectivity index (χ1) is 8.29. The lowest BCUT2D eigenvalue weighted by molar-refractivity contribution is 0.202. The zero-order valence-electron chi connectivity index (χ0n) is 10.4. The van der Waals surface area contributed by atoms with Gasteiger partial charge in [0.25, 0.3) is 0 Å². The standard InChI is InChI=1S/C14H20BrNO/c1-2-9-16(13-5-6-13)10-11-17-14-7-3-12(15)4-8-14/h3-4,7-8,13H,2,5-6,9-11H2,1H3. The minimum atomic E-state index is 0.790. The third kappa shape index (κ3) is 4.32. The normalized spacial score (nSPS) is 15.2. The van der Waals surface area contributed by atoms with Crippen molar-refractivity contribution in [2.24, 2.45) is 0 Å². The summed E-state index contributed by atoms with van der Waals surface area (Å²) in [5, 5.41) is 0. The highest BCUT2D eigenvalue weighted by Crippen LogP contribution is 2.26. The van der Waals surface area contributed by atoms with Crippen LogP contribution in [-0.4, -0.2) is 30.6 Å². The number of ether oxygens (including phenoxy) is 1. The summed E-state index contributed by atoms with van der Waals surface area (Å²) in [5.74, 6) is 0.959. The van der Waals surface area contributed by atoms with Gasteiger partial charge in [0.05, 0.1) is 0 Å². The van der Waals surface area contributed by atoms with Gasteiger partial charge < -0.3 is 4.74 Å². The summed E-state index contributed by atoms with van der Waals surface area (Å²) in [6.45, 7) is 5.28. The molecule has 1 aliphatic rings. The van der Waals surface area contributed by atoms with Crippen LogP contribution in [0.3, 0.4) is 0 Å². The highest BCUT2D eigenvalue weighted by Gasteiger charge is 2.27. The Morgan fingerprint density at radius 2 is 1.94 bits per heavy atom. The van der Waals surface area contributed by atoms with Crippen molar-refractivity contribution in [3.63, 3.8) is 0 Å². The summed E-state index contributed by atoms with van der Waals surface area (Å²) < 4.78 is 6.85. The number of hydrogen-bond acceptors (Lipinski definition) is 2. The van der Waals surface area contributed by atoms with Crippen LogP contribution in [0.5, 0.6) is 5.75 Å². The second-order valence-corrected chi connectivity index (χ2v) is 5.49. The second-order valence-electron chi connectivity index (χ2n) is 4.57. The van der Waals surface area contributed by atoms with Gasteiger partial charge in [-0.3, -0.25) is 4.90 Å². The molecule has 2 nitrogen and oxygen atoms in total. The van der Waals surface area contributed by atoms with Crippen molar-refractivity contribution in [3.05, 3.63) is 28.7 Å². The number of hydrogen-bond donors (Lipinski definition) is 0. The Kier molecular flexibility index (Phi) is 4.86. The van der Waals surface area contributed by atoms with Crippen molar-refractivity contribution in [1.29, 1.82) is 0 Å². The molecule has 1 aromatic rings. The summed E-state index contributed by atoms with van der Waals surface area (Å²) in [7, 11) is 0. The molecular formula is C14H20BrNO. The van der Waals surface area contributed by atoms with Gasteiger partial charge in [-0.1, -0.05) is 22.9 Å². The van der Waals surface area contributed by atoms with Crippen LogP contribution in [0.25, 0.3) is 0 Å². The summed E-state index contributed by atoms with van der Waals surface area (Å²) >= 11 is 3.42. The molecule has 0 bridgehead atoms. The fourth-order valence-electron chi connectivity index (χ4n) is 2.02. The van der Waals surface area contributed by atoms with Crippen LogP contribution in [0.15, 0.2) is 28.7 Å². The topological polar surface area (TPSA) is 12.5 Å². The molecule has 1 aliphatic carbocycles. The van der Waals surface area contributed by atoms with Crippen molar-refractivity contribution in [2.45, 2.75) is 32.2 Å². The smallest absolute Gasteiger partial charge is 0.119 e. The lowest BCUT2D eigenvalue weighted by Crippen LogP contribution is -2.31. The largest absolute Gasteiger partial charge is 0.492 e. The van der Waals surface area contributed by atoms with E-state index in [1.54, 1.807) is 0 Å². The van der Waals surface area contributed by atoms with E-state index in [2.05, 4.69) is 27.8 Å². The average Bonchev–Trinajstić information content (AvgIpc) is 3.15. The first kappa shape index (κ1) is 12.9. The van der Waals surface area contributed by atoms with Gasteiger partial charge in [-0.25, -0.2) is 0 Å². The third-order valence-corrected chi connectivity index (χ3v) is 3.56. The van der Waals surface area contributed by atoms with E-state index in [-0.39, 0.29) is 0 Å². The Balaban J connectivity index is 1.72. The first-order valence-corrected chi connectivity index (χ1v) is 7.21. The quantitative estimate of drug-likeness (QED) is 0.761. The molecule has 1 fully saturated rings. The molecule has 0 radical (unpaired) electrons. The van der Waals surface area contributed by atoms with E-state index in [1.807, 2.05) is 24.3 Å². The molecule has 1 saturated carbocycles. The Hall–Kier alpha value is -0.540. The molecule has 0 aromatic heterocycles.